The number of carbonyl (C=O) groups is 1. The fourth-order valence-electron chi connectivity index (χ4n) is 4.39. The van der Waals surface area contributed by atoms with Gasteiger partial charge in [-0.25, -0.2) is 0 Å². The number of aliphatic hydroxyl groups excluding tert-OH is 1. The van der Waals surface area contributed by atoms with Crippen LogP contribution in [0.3, 0.4) is 0 Å². The van der Waals surface area contributed by atoms with Crippen LogP contribution in [-0.4, -0.2) is 39.7 Å². The number of amides is 1. The Labute approximate surface area is 200 Å². The summed E-state index contributed by atoms with van der Waals surface area (Å²) in [4.78, 5) is 18.6. The highest BCUT2D eigenvalue weighted by Crippen LogP contribution is 2.37. The first-order valence-electron chi connectivity index (χ1n) is 11.3. The molecule has 4 rings (SSSR count). The standard InChI is InChI=1S/C27H29ClN2O3/c1-27(17-21-2-6-24(28)7-3-21)18-23-16-20(4-8-25(23)33-27)5-9-26(32)30(14-15-31)19-22-10-12-29-13-11-22/h2-4,6-8,10-13,16,31H,5,9,14-15,17-19H2,1H3/t27-/m1/s1. The minimum atomic E-state index is -0.299. The predicted molar refractivity (Wildman–Crippen MR) is 129 cm³/mol. The van der Waals surface area contributed by atoms with Crippen molar-refractivity contribution in [3.8, 4) is 5.75 Å². The first-order chi connectivity index (χ1) is 15.9. The van der Waals surface area contributed by atoms with Gasteiger partial charge in [0.15, 0.2) is 0 Å². The molecule has 0 saturated carbocycles. The number of hydrogen-bond acceptors (Lipinski definition) is 4. The molecule has 172 valence electrons. The van der Waals surface area contributed by atoms with Gasteiger partial charge in [0.1, 0.15) is 11.4 Å². The Hall–Kier alpha value is -2.89. The number of aliphatic hydroxyl groups is 1. The van der Waals surface area contributed by atoms with Crippen molar-refractivity contribution in [2.75, 3.05) is 13.2 Å². The fraction of sp³-hybridized carbons (Fsp3) is 0.333. The molecule has 0 unspecified atom stereocenters. The maximum atomic E-state index is 12.8. The van der Waals surface area contributed by atoms with E-state index in [1.807, 2.05) is 48.5 Å². The van der Waals surface area contributed by atoms with Crippen LogP contribution >= 0.6 is 11.6 Å². The second-order valence-corrected chi connectivity index (χ2v) is 9.30. The summed E-state index contributed by atoms with van der Waals surface area (Å²) in [7, 11) is 0. The number of hydrogen-bond donors (Lipinski definition) is 1. The Morgan fingerprint density at radius 2 is 1.82 bits per heavy atom. The number of aromatic nitrogens is 1. The molecule has 0 aliphatic carbocycles. The highest BCUT2D eigenvalue weighted by Gasteiger charge is 2.35. The molecule has 1 amide bonds. The van der Waals surface area contributed by atoms with Gasteiger partial charge in [-0.15, -0.1) is 0 Å². The third-order valence-corrected chi connectivity index (χ3v) is 6.26. The molecular weight excluding hydrogens is 436 g/mol. The van der Waals surface area contributed by atoms with Crippen molar-refractivity contribution in [1.29, 1.82) is 0 Å². The number of pyridine rings is 1. The number of rotatable bonds is 9. The topological polar surface area (TPSA) is 62.7 Å². The molecule has 5 nitrogen and oxygen atoms in total. The number of benzene rings is 2. The SMILES string of the molecule is C[C@@]1(Cc2ccc(Cl)cc2)Cc2cc(CCC(=O)N(CCO)Cc3ccncc3)ccc2O1. The minimum absolute atomic E-state index is 0.0326. The molecule has 1 aliphatic heterocycles. The van der Waals surface area contributed by atoms with Crippen molar-refractivity contribution in [2.24, 2.45) is 0 Å². The van der Waals surface area contributed by atoms with Gasteiger partial charge in [-0.3, -0.25) is 9.78 Å². The van der Waals surface area contributed by atoms with Crippen LogP contribution in [0.15, 0.2) is 67.0 Å². The highest BCUT2D eigenvalue weighted by molar-refractivity contribution is 6.30. The van der Waals surface area contributed by atoms with E-state index in [0.717, 1.165) is 34.7 Å². The Morgan fingerprint density at radius 1 is 1.09 bits per heavy atom. The maximum Gasteiger partial charge on any atom is 0.223 e. The molecule has 0 radical (unpaired) electrons. The lowest BCUT2D eigenvalue weighted by atomic mass is 9.91. The van der Waals surface area contributed by atoms with E-state index in [9.17, 15) is 9.90 Å². The second kappa shape index (κ2) is 10.4. The molecular formula is C27H29ClN2O3. The first kappa shape index (κ1) is 23.3. The first-order valence-corrected chi connectivity index (χ1v) is 11.6. The van der Waals surface area contributed by atoms with Crippen molar-refractivity contribution < 1.29 is 14.6 Å². The van der Waals surface area contributed by atoms with Crippen LogP contribution in [0, 0.1) is 0 Å². The summed E-state index contributed by atoms with van der Waals surface area (Å²) in [6.07, 6.45) is 6.10. The monoisotopic (exact) mass is 464 g/mol. The lowest BCUT2D eigenvalue weighted by Gasteiger charge is -2.24. The second-order valence-electron chi connectivity index (χ2n) is 8.87. The van der Waals surface area contributed by atoms with Gasteiger partial charge < -0.3 is 14.7 Å². The van der Waals surface area contributed by atoms with Gasteiger partial charge in [0.2, 0.25) is 5.91 Å². The molecule has 1 aliphatic rings. The van der Waals surface area contributed by atoms with Crippen LogP contribution < -0.4 is 4.74 Å². The largest absolute Gasteiger partial charge is 0.487 e. The Morgan fingerprint density at radius 3 is 2.55 bits per heavy atom. The van der Waals surface area contributed by atoms with Crippen LogP contribution in [0.4, 0.5) is 0 Å². The van der Waals surface area contributed by atoms with Crippen molar-refractivity contribution >= 4 is 17.5 Å². The van der Waals surface area contributed by atoms with Crippen LogP contribution in [0.25, 0.3) is 0 Å². The number of halogens is 1. The number of carbonyl (C=O) groups excluding carboxylic acids is 1. The number of aryl methyl sites for hydroxylation is 1. The molecule has 33 heavy (non-hydrogen) atoms. The van der Waals surface area contributed by atoms with Crippen molar-refractivity contribution in [3.63, 3.8) is 0 Å². The van der Waals surface area contributed by atoms with E-state index < -0.39 is 0 Å². The maximum absolute atomic E-state index is 12.8. The lowest BCUT2D eigenvalue weighted by Crippen LogP contribution is -2.33. The van der Waals surface area contributed by atoms with Gasteiger partial charge in [0.05, 0.1) is 6.61 Å². The van der Waals surface area contributed by atoms with Crippen LogP contribution in [-0.2, 0) is 30.6 Å². The van der Waals surface area contributed by atoms with Crippen LogP contribution in [0.5, 0.6) is 5.75 Å². The molecule has 1 aromatic heterocycles. The fourth-order valence-corrected chi connectivity index (χ4v) is 4.52. The number of ether oxygens (including phenoxy) is 1. The van der Waals surface area contributed by atoms with Crippen LogP contribution in [0.1, 0.15) is 35.6 Å². The van der Waals surface area contributed by atoms with Gasteiger partial charge in [-0.1, -0.05) is 35.9 Å². The van der Waals surface area contributed by atoms with E-state index in [1.165, 1.54) is 11.1 Å². The van der Waals surface area contributed by atoms with Crippen molar-refractivity contribution in [2.45, 2.75) is 44.8 Å². The van der Waals surface area contributed by atoms with Gasteiger partial charge >= 0.3 is 0 Å². The number of nitrogens with zero attached hydrogens (tertiary/aromatic N) is 2. The molecule has 0 saturated heterocycles. The third kappa shape index (κ3) is 6.12. The molecule has 0 bridgehead atoms. The van der Waals surface area contributed by atoms with Gasteiger partial charge in [-0.2, -0.15) is 0 Å². The summed E-state index contributed by atoms with van der Waals surface area (Å²) in [5, 5.41) is 10.1. The summed E-state index contributed by atoms with van der Waals surface area (Å²) >= 11 is 6.01. The normalized spacial score (nSPS) is 16.8. The Bertz CT molecular complexity index is 1090. The molecule has 1 atom stereocenters. The summed E-state index contributed by atoms with van der Waals surface area (Å²) in [6.45, 7) is 2.88. The zero-order valence-corrected chi connectivity index (χ0v) is 19.6. The molecule has 0 fully saturated rings. The molecule has 1 N–H and O–H groups in total. The van der Waals surface area contributed by atoms with Gasteiger partial charge in [-0.05, 0) is 65.9 Å². The van der Waals surface area contributed by atoms with Crippen molar-refractivity contribution in [3.05, 3.63) is 94.3 Å². The van der Waals surface area contributed by atoms with E-state index >= 15 is 0 Å². The summed E-state index contributed by atoms with van der Waals surface area (Å²) in [5.41, 5.74) is 4.20. The minimum Gasteiger partial charge on any atom is -0.487 e. The third-order valence-electron chi connectivity index (χ3n) is 6.01. The average molecular weight is 465 g/mol. The average Bonchev–Trinajstić information content (AvgIpc) is 3.14. The zero-order valence-electron chi connectivity index (χ0n) is 18.8. The predicted octanol–water partition coefficient (Wildman–Crippen LogP) is 4.63. The molecule has 3 aromatic rings. The Kier molecular flexibility index (Phi) is 7.31. The molecule has 6 heteroatoms. The van der Waals surface area contributed by atoms with E-state index in [-0.39, 0.29) is 18.1 Å². The van der Waals surface area contributed by atoms with E-state index in [1.54, 1.807) is 17.3 Å². The molecule has 2 heterocycles. The highest BCUT2D eigenvalue weighted by atomic mass is 35.5. The quantitative estimate of drug-likeness (QED) is 0.501. The number of fused-ring (bicyclic) bond motifs is 1. The summed E-state index contributed by atoms with van der Waals surface area (Å²) in [5.74, 6) is 0.950. The van der Waals surface area contributed by atoms with E-state index in [4.69, 9.17) is 16.3 Å². The van der Waals surface area contributed by atoms with E-state index in [2.05, 4.69) is 18.0 Å². The summed E-state index contributed by atoms with van der Waals surface area (Å²) in [6, 6.07) is 17.9. The smallest absolute Gasteiger partial charge is 0.223 e. The molecule has 0 spiro atoms. The summed E-state index contributed by atoms with van der Waals surface area (Å²) < 4.78 is 6.30. The Balaban J connectivity index is 1.36. The zero-order chi connectivity index (χ0) is 23.3. The van der Waals surface area contributed by atoms with E-state index in [0.29, 0.717) is 25.9 Å². The van der Waals surface area contributed by atoms with Crippen molar-refractivity contribution in [1.82, 2.24) is 9.88 Å². The van der Waals surface area contributed by atoms with Crippen LogP contribution in [0.2, 0.25) is 5.02 Å². The lowest BCUT2D eigenvalue weighted by molar-refractivity contribution is -0.132. The van der Waals surface area contributed by atoms with Gasteiger partial charge in [0.25, 0.3) is 0 Å². The van der Waals surface area contributed by atoms with Gasteiger partial charge in [0, 0.05) is 49.8 Å². The molecule has 2 aromatic carbocycles.